The van der Waals surface area contributed by atoms with Gasteiger partial charge in [-0.05, 0) is 45.4 Å². The number of amidine groups is 1. The zero-order valence-electron chi connectivity index (χ0n) is 22.8. The van der Waals surface area contributed by atoms with Crippen molar-refractivity contribution in [3.8, 4) is 0 Å². The van der Waals surface area contributed by atoms with Gasteiger partial charge in [-0.3, -0.25) is 4.99 Å². The topological polar surface area (TPSA) is 249 Å². The molecule has 0 radical (unpaired) electrons. The van der Waals surface area contributed by atoms with Gasteiger partial charge < -0.3 is 66.8 Å². The number of hydrogen-bond donors (Lipinski definition) is 9. The van der Waals surface area contributed by atoms with Crippen LogP contribution in [0.1, 0.15) is 52.4 Å². The van der Waals surface area contributed by atoms with E-state index in [0.717, 1.165) is 19.3 Å². The predicted octanol–water partition coefficient (Wildman–Crippen LogP) is -2.97. The van der Waals surface area contributed by atoms with Crippen molar-refractivity contribution in [1.29, 1.82) is 0 Å². The summed E-state index contributed by atoms with van der Waals surface area (Å²) in [5.41, 5.74) is 17.3. The summed E-state index contributed by atoms with van der Waals surface area (Å²) in [5.74, 6) is -0.870. The first-order valence-corrected chi connectivity index (χ1v) is 13.8. The minimum atomic E-state index is -1.42. The van der Waals surface area contributed by atoms with E-state index in [-0.39, 0.29) is 31.6 Å². The van der Waals surface area contributed by atoms with Crippen molar-refractivity contribution in [3.05, 3.63) is 0 Å². The number of unbranched alkanes of at least 4 members (excludes halogenated alkanes) is 1. The van der Waals surface area contributed by atoms with Crippen LogP contribution in [0.4, 0.5) is 0 Å². The summed E-state index contributed by atoms with van der Waals surface area (Å²) in [5, 5.41) is 61.0. The summed E-state index contributed by atoms with van der Waals surface area (Å²) in [6.07, 6.45) is -4.61. The van der Waals surface area contributed by atoms with Crippen molar-refractivity contribution in [1.82, 2.24) is 0 Å². The third-order valence-corrected chi connectivity index (χ3v) is 8.14. The molecule has 2 heterocycles. The van der Waals surface area contributed by atoms with E-state index in [1.165, 1.54) is 0 Å². The molecule has 0 aromatic carbocycles. The van der Waals surface area contributed by atoms with E-state index in [2.05, 4.69) is 4.99 Å². The van der Waals surface area contributed by atoms with Gasteiger partial charge in [-0.25, -0.2) is 0 Å². The summed E-state index contributed by atoms with van der Waals surface area (Å²) in [6.45, 7) is 2.55. The lowest BCUT2D eigenvalue weighted by atomic mass is 9.83. The van der Waals surface area contributed by atoms with E-state index in [0.29, 0.717) is 12.8 Å². The Bertz CT molecular complexity index is 792. The lowest BCUT2D eigenvalue weighted by Crippen LogP contribution is -2.64. The fourth-order valence-corrected chi connectivity index (χ4v) is 5.28. The van der Waals surface area contributed by atoms with Crippen LogP contribution in [0.5, 0.6) is 0 Å². The van der Waals surface area contributed by atoms with E-state index < -0.39 is 79.4 Å². The molecule has 0 amide bonds. The van der Waals surface area contributed by atoms with Crippen LogP contribution < -0.4 is 17.2 Å². The second-order valence-electron chi connectivity index (χ2n) is 11.3. The van der Waals surface area contributed by atoms with Crippen LogP contribution in [0.3, 0.4) is 0 Å². The maximum absolute atomic E-state index is 11.5. The number of aliphatic hydroxyl groups is 6. The minimum absolute atomic E-state index is 0.107. The Kier molecular flexibility index (Phi) is 11.9. The van der Waals surface area contributed by atoms with E-state index in [9.17, 15) is 25.5 Å². The van der Waals surface area contributed by atoms with Crippen molar-refractivity contribution in [2.24, 2.45) is 28.1 Å². The van der Waals surface area contributed by atoms with Crippen LogP contribution >= 0.6 is 0 Å². The van der Waals surface area contributed by atoms with Gasteiger partial charge in [-0.1, -0.05) is 6.92 Å². The summed E-state index contributed by atoms with van der Waals surface area (Å²) < 4.78 is 23.9. The smallest absolute Gasteiger partial charge is 0.184 e. The van der Waals surface area contributed by atoms with Gasteiger partial charge in [-0.15, -0.1) is 0 Å². The molecule has 39 heavy (non-hydrogen) atoms. The van der Waals surface area contributed by atoms with Crippen molar-refractivity contribution in [2.45, 2.75) is 125 Å². The van der Waals surface area contributed by atoms with Gasteiger partial charge in [0.25, 0.3) is 0 Å². The van der Waals surface area contributed by atoms with Gasteiger partial charge in [0.2, 0.25) is 0 Å². The normalized spacial score (nSPS) is 44.8. The molecule has 7 unspecified atom stereocenters. The molecule has 14 heteroatoms. The summed E-state index contributed by atoms with van der Waals surface area (Å²) in [4.78, 5) is 4.28. The van der Waals surface area contributed by atoms with Gasteiger partial charge in [0.1, 0.15) is 36.4 Å². The number of nitrogens with zero attached hydrogens (tertiary/aromatic N) is 1. The number of ether oxygens (including phenoxy) is 4. The van der Waals surface area contributed by atoms with Crippen molar-refractivity contribution < 1.29 is 49.6 Å². The molecule has 0 aromatic rings. The van der Waals surface area contributed by atoms with E-state index >= 15 is 0 Å². The van der Waals surface area contributed by atoms with Crippen molar-refractivity contribution in [3.63, 3.8) is 0 Å². The number of aliphatic imine (C=N–C) groups is 1. The van der Waals surface area contributed by atoms with Crippen LogP contribution in [0.25, 0.3) is 0 Å². The van der Waals surface area contributed by atoms with Crippen LogP contribution in [-0.2, 0) is 18.9 Å². The summed E-state index contributed by atoms with van der Waals surface area (Å²) >= 11 is 0. The van der Waals surface area contributed by atoms with Crippen LogP contribution in [0.2, 0.25) is 0 Å². The number of hydrogen-bond acceptors (Lipinski definition) is 13. The molecule has 13 atom stereocenters. The highest BCUT2D eigenvalue weighted by molar-refractivity contribution is 5.84. The van der Waals surface area contributed by atoms with Crippen LogP contribution in [0, 0.1) is 5.92 Å². The third kappa shape index (κ3) is 8.05. The number of rotatable bonds is 11. The molecule has 12 N–H and O–H groups in total. The Balaban J connectivity index is 1.79. The molecule has 2 aliphatic heterocycles. The minimum Gasteiger partial charge on any atom is -0.396 e. The molecule has 0 spiro atoms. The molecule has 3 fully saturated rings. The Labute approximate surface area is 229 Å². The van der Waals surface area contributed by atoms with E-state index in [1.54, 1.807) is 13.8 Å². The molecule has 2 saturated heterocycles. The lowest BCUT2D eigenvalue weighted by Gasteiger charge is -2.48. The molecule has 0 aromatic heterocycles. The molecule has 3 rings (SSSR count). The third-order valence-electron chi connectivity index (χ3n) is 8.14. The highest BCUT2D eigenvalue weighted by Crippen LogP contribution is 2.35. The average molecular weight is 565 g/mol. The average Bonchev–Trinajstić information content (AvgIpc) is 2.89. The zero-order chi connectivity index (χ0) is 28.9. The Morgan fingerprint density at radius 1 is 1.05 bits per heavy atom. The molecule has 3 aliphatic rings. The first kappa shape index (κ1) is 32.5. The maximum atomic E-state index is 11.5. The van der Waals surface area contributed by atoms with Gasteiger partial charge in [-0.2, -0.15) is 0 Å². The standard InChI is InChI=1S/C25H48N4O10/c1-12-18(33)24(36-11-25(12,2)35)39-21-16(29-22(28)17(32)10-31)9-15(27)20(19(21)34)38-23-14(26)7-6-13(37-23)5-3-4-8-30/h12-21,23-24,30-35H,3-11,26-27H2,1-2H3,(H2,28,29)/t12-,13-,14?,15+,16-,17?,18?,19?,20?,21?,23-,24-,25?/m1/s1. The van der Waals surface area contributed by atoms with E-state index in [4.69, 9.17) is 41.3 Å². The maximum Gasteiger partial charge on any atom is 0.184 e. The second-order valence-corrected chi connectivity index (χ2v) is 11.3. The Morgan fingerprint density at radius 2 is 1.74 bits per heavy atom. The molecule has 228 valence electrons. The molecule has 1 aliphatic carbocycles. The SMILES string of the molecule is C[C@@H]1C(O)[C@@H](OC2C(O)C(O[C@H]3O[C@H](CCCCO)CCC3N)[C@@H](N)C[C@H]2N=C(N)C(O)CO)OCC1(C)O. The highest BCUT2D eigenvalue weighted by atomic mass is 16.7. The first-order chi connectivity index (χ1) is 18.4. The first-order valence-electron chi connectivity index (χ1n) is 13.8. The Hall–Kier alpha value is -1.01. The fourth-order valence-electron chi connectivity index (χ4n) is 5.28. The second kappa shape index (κ2) is 14.2. The van der Waals surface area contributed by atoms with Gasteiger partial charge in [0.15, 0.2) is 12.6 Å². The summed E-state index contributed by atoms with van der Waals surface area (Å²) in [7, 11) is 0. The monoisotopic (exact) mass is 564 g/mol. The van der Waals surface area contributed by atoms with Crippen molar-refractivity contribution in [2.75, 3.05) is 19.8 Å². The van der Waals surface area contributed by atoms with Gasteiger partial charge in [0, 0.05) is 18.6 Å². The zero-order valence-corrected chi connectivity index (χ0v) is 22.8. The molecule has 1 saturated carbocycles. The lowest BCUT2D eigenvalue weighted by molar-refractivity contribution is -0.313. The number of nitrogens with two attached hydrogens (primary N) is 3. The van der Waals surface area contributed by atoms with Crippen molar-refractivity contribution >= 4 is 5.84 Å². The molecule has 0 bridgehead atoms. The number of aliphatic hydroxyl groups excluding tert-OH is 5. The molecular formula is C25H48N4O10. The Morgan fingerprint density at radius 3 is 2.41 bits per heavy atom. The highest BCUT2D eigenvalue weighted by Gasteiger charge is 2.51. The van der Waals surface area contributed by atoms with Crippen LogP contribution in [0.15, 0.2) is 4.99 Å². The summed E-state index contributed by atoms with van der Waals surface area (Å²) in [6, 6.07) is -2.08. The van der Waals surface area contributed by atoms with Gasteiger partial charge >= 0.3 is 0 Å². The molecular weight excluding hydrogens is 516 g/mol. The molecule has 14 nitrogen and oxygen atoms in total. The van der Waals surface area contributed by atoms with E-state index in [1.807, 2.05) is 0 Å². The predicted molar refractivity (Wildman–Crippen MR) is 139 cm³/mol. The largest absolute Gasteiger partial charge is 0.396 e. The van der Waals surface area contributed by atoms with Gasteiger partial charge in [0.05, 0.1) is 37.0 Å². The fraction of sp³-hybridized carbons (Fsp3) is 0.960. The quantitative estimate of drug-likeness (QED) is 0.0691. The van der Waals surface area contributed by atoms with Crippen LogP contribution in [-0.4, -0.2) is 129 Å².